The van der Waals surface area contributed by atoms with Crippen LogP contribution in [0.3, 0.4) is 0 Å². The minimum atomic E-state index is -0.589. The zero-order chi connectivity index (χ0) is 25.7. The second kappa shape index (κ2) is 11.4. The van der Waals surface area contributed by atoms with Crippen molar-refractivity contribution in [3.8, 4) is 28.3 Å². The van der Waals surface area contributed by atoms with E-state index in [9.17, 15) is 14.0 Å². The van der Waals surface area contributed by atoms with Gasteiger partial charge in [0.15, 0.2) is 11.0 Å². The fraction of sp³-hybridized carbons (Fsp3) is 0.200. The molecular formula is C25H23FN4O4S2. The maximum atomic E-state index is 13.3. The third kappa shape index (κ3) is 5.42. The van der Waals surface area contributed by atoms with Gasteiger partial charge in [-0.25, -0.2) is 9.18 Å². The first-order valence-electron chi connectivity index (χ1n) is 10.9. The van der Waals surface area contributed by atoms with E-state index in [2.05, 4.69) is 15.5 Å². The van der Waals surface area contributed by atoms with Crippen LogP contribution in [0.15, 0.2) is 59.1 Å². The highest BCUT2D eigenvalue weighted by Crippen LogP contribution is 2.36. The highest BCUT2D eigenvalue weighted by Gasteiger charge is 2.23. The first-order chi connectivity index (χ1) is 17.4. The minimum Gasteiger partial charge on any atom is -0.497 e. The molecule has 2 aromatic carbocycles. The molecule has 0 fully saturated rings. The van der Waals surface area contributed by atoms with Crippen LogP contribution < -0.4 is 10.1 Å². The summed E-state index contributed by atoms with van der Waals surface area (Å²) in [6.07, 6.45) is 0. The lowest BCUT2D eigenvalue weighted by Gasteiger charge is -2.09. The van der Waals surface area contributed by atoms with Crippen LogP contribution in [0.4, 0.5) is 9.39 Å². The van der Waals surface area contributed by atoms with E-state index in [1.807, 2.05) is 35.8 Å². The molecule has 0 saturated carbocycles. The molecule has 8 nitrogen and oxygen atoms in total. The Morgan fingerprint density at radius 1 is 1.06 bits per heavy atom. The number of nitrogens with one attached hydrogen (secondary N) is 1. The zero-order valence-electron chi connectivity index (χ0n) is 19.8. The van der Waals surface area contributed by atoms with Crippen LogP contribution in [0.25, 0.3) is 22.5 Å². The van der Waals surface area contributed by atoms with Gasteiger partial charge in [0.25, 0.3) is 0 Å². The van der Waals surface area contributed by atoms with Gasteiger partial charge in [0.1, 0.15) is 22.1 Å². The summed E-state index contributed by atoms with van der Waals surface area (Å²) in [7, 11) is 2.88. The van der Waals surface area contributed by atoms with Crippen LogP contribution in [0.1, 0.15) is 17.3 Å². The van der Waals surface area contributed by atoms with Gasteiger partial charge in [-0.1, -0.05) is 23.9 Å². The van der Waals surface area contributed by atoms with E-state index in [1.165, 1.54) is 42.3 Å². The minimum absolute atomic E-state index is 0.0607. The van der Waals surface area contributed by atoms with E-state index in [-0.39, 0.29) is 23.0 Å². The van der Waals surface area contributed by atoms with E-state index in [0.29, 0.717) is 33.7 Å². The summed E-state index contributed by atoms with van der Waals surface area (Å²) >= 11 is 2.45. The second-order valence-corrected chi connectivity index (χ2v) is 9.29. The number of carbonyl (C=O) groups excluding carboxylic acids is 2. The number of ether oxygens (including phenoxy) is 2. The van der Waals surface area contributed by atoms with Crippen molar-refractivity contribution in [1.29, 1.82) is 0 Å². The number of thioether (sulfide) groups is 1. The van der Waals surface area contributed by atoms with Crippen LogP contribution in [0, 0.1) is 5.82 Å². The predicted octanol–water partition coefficient (Wildman–Crippen LogP) is 5.36. The molecule has 0 saturated heterocycles. The summed E-state index contributed by atoms with van der Waals surface area (Å²) in [5.74, 6) is 0.218. The molecule has 36 heavy (non-hydrogen) atoms. The van der Waals surface area contributed by atoms with Gasteiger partial charge in [-0.15, -0.1) is 21.5 Å². The molecule has 2 heterocycles. The number of hydrogen-bond acceptors (Lipinski definition) is 8. The summed E-state index contributed by atoms with van der Waals surface area (Å²) in [5, 5.41) is 14.1. The molecular weight excluding hydrogens is 503 g/mol. The van der Waals surface area contributed by atoms with E-state index in [4.69, 9.17) is 9.47 Å². The van der Waals surface area contributed by atoms with Crippen LogP contribution >= 0.6 is 23.1 Å². The maximum Gasteiger partial charge on any atom is 0.341 e. The fourth-order valence-electron chi connectivity index (χ4n) is 3.52. The summed E-state index contributed by atoms with van der Waals surface area (Å²) in [5.41, 5.74) is 2.32. The molecule has 0 aliphatic heterocycles. The molecule has 4 aromatic rings. The predicted molar refractivity (Wildman–Crippen MR) is 138 cm³/mol. The molecule has 0 aliphatic rings. The largest absolute Gasteiger partial charge is 0.497 e. The average Bonchev–Trinajstić information content (AvgIpc) is 3.51. The van der Waals surface area contributed by atoms with Gasteiger partial charge in [-0.3, -0.25) is 4.79 Å². The molecule has 4 rings (SSSR count). The van der Waals surface area contributed by atoms with Crippen molar-refractivity contribution in [2.45, 2.75) is 18.6 Å². The van der Waals surface area contributed by atoms with Crippen LogP contribution in [0.2, 0.25) is 0 Å². The molecule has 2 aromatic heterocycles. The number of benzene rings is 2. The lowest BCUT2D eigenvalue weighted by molar-refractivity contribution is -0.113. The van der Waals surface area contributed by atoms with Crippen molar-refractivity contribution in [2.24, 2.45) is 0 Å². The Morgan fingerprint density at radius 2 is 1.75 bits per heavy atom. The Labute approximate surface area is 215 Å². The SMILES string of the molecule is CCn1c(SCC(=O)Nc2scc(-c3ccc(F)cc3)c2C(=O)OC)nnc1-c1ccc(OC)cc1. The quantitative estimate of drug-likeness (QED) is 0.232. The maximum absolute atomic E-state index is 13.3. The van der Waals surface area contributed by atoms with Gasteiger partial charge in [0.05, 0.1) is 20.0 Å². The van der Waals surface area contributed by atoms with Gasteiger partial charge in [0, 0.05) is 23.1 Å². The van der Waals surface area contributed by atoms with Crippen LogP contribution in [-0.4, -0.2) is 46.6 Å². The number of aromatic nitrogens is 3. The Morgan fingerprint density at radius 3 is 2.39 bits per heavy atom. The number of rotatable bonds is 9. The number of esters is 1. The lowest BCUT2D eigenvalue weighted by atomic mass is 10.0. The number of carbonyl (C=O) groups is 2. The van der Waals surface area contributed by atoms with Gasteiger partial charge in [0.2, 0.25) is 5.91 Å². The first-order valence-corrected chi connectivity index (χ1v) is 12.8. The lowest BCUT2D eigenvalue weighted by Crippen LogP contribution is -2.16. The highest BCUT2D eigenvalue weighted by molar-refractivity contribution is 7.99. The highest BCUT2D eigenvalue weighted by atomic mass is 32.2. The summed E-state index contributed by atoms with van der Waals surface area (Å²) in [6.45, 7) is 2.60. The van der Waals surface area contributed by atoms with Gasteiger partial charge >= 0.3 is 5.97 Å². The van der Waals surface area contributed by atoms with E-state index < -0.39 is 5.97 Å². The first kappa shape index (κ1) is 25.4. The third-order valence-corrected chi connectivity index (χ3v) is 7.16. The van der Waals surface area contributed by atoms with E-state index >= 15 is 0 Å². The standard InChI is InChI=1S/C25H23FN4O4S2/c1-4-30-22(16-7-11-18(33-2)12-8-16)28-29-25(30)36-14-20(31)27-23-21(24(32)34-3)19(13-35-23)15-5-9-17(26)10-6-15/h5-13H,4,14H2,1-3H3,(H,27,31). The number of halogens is 1. The number of methoxy groups -OCH3 is 2. The average molecular weight is 527 g/mol. The third-order valence-electron chi connectivity index (χ3n) is 5.30. The fourth-order valence-corrected chi connectivity index (χ4v) is 5.30. The molecule has 186 valence electrons. The molecule has 1 amide bonds. The number of thiophene rings is 1. The number of nitrogens with zero attached hydrogens (tertiary/aromatic N) is 3. The topological polar surface area (TPSA) is 95.3 Å². The number of hydrogen-bond donors (Lipinski definition) is 1. The van der Waals surface area contributed by atoms with E-state index in [1.54, 1.807) is 24.6 Å². The smallest absolute Gasteiger partial charge is 0.341 e. The van der Waals surface area contributed by atoms with E-state index in [0.717, 1.165) is 11.3 Å². The molecule has 1 N–H and O–H groups in total. The van der Waals surface area contributed by atoms with Gasteiger partial charge < -0.3 is 19.4 Å². The number of anilines is 1. The Kier molecular flexibility index (Phi) is 8.01. The summed E-state index contributed by atoms with van der Waals surface area (Å²) in [4.78, 5) is 25.3. The summed E-state index contributed by atoms with van der Waals surface area (Å²) in [6, 6.07) is 13.3. The number of amides is 1. The van der Waals surface area contributed by atoms with Crippen molar-refractivity contribution in [3.05, 3.63) is 65.3 Å². The Bertz CT molecular complexity index is 1370. The summed E-state index contributed by atoms with van der Waals surface area (Å²) < 4.78 is 25.4. The zero-order valence-corrected chi connectivity index (χ0v) is 21.4. The molecule has 0 atom stereocenters. The van der Waals surface area contributed by atoms with Crippen molar-refractivity contribution >= 4 is 40.0 Å². The molecule has 0 unspecified atom stereocenters. The van der Waals surface area contributed by atoms with Crippen molar-refractivity contribution < 1.29 is 23.5 Å². The second-order valence-electron chi connectivity index (χ2n) is 7.47. The Balaban J connectivity index is 1.49. The normalized spacial score (nSPS) is 10.8. The van der Waals surface area contributed by atoms with Crippen molar-refractivity contribution in [3.63, 3.8) is 0 Å². The van der Waals surface area contributed by atoms with Crippen molar-refractivity contribution in [2.75, 3.05) is 25.3 Å². The Hall–Kier alpha value is -3.70. The van der Waals surface area contributed by atoms with Crippen LogP contribution in [0.5, 0.6) is 5.75 Å². The molecule has 11 heteroatoms. The van der Waals surface area contributed by atoms with Crippen molar-refractivity contribution in [1.82, 2.24) is 14.8 Å². The monoisotopic (exact) mass is 526 g/mol. The molecule has 0 bridgehead atoms. The molecule has 0 radical (unpaired) electrons. The van der Waals surface area contributed by atoms with Crippen LogP contribution in [-0.2, 0) is 16.1 Å². The molecule has 0 spiro atoms. The van der Waals surface area contributed by atoms with Gasteiger partial charge in [-0.2, -0.15) is 0 Å². The van der Waals surface area contributed by atoms with Gasteiger partial charge in [-0.05, 0) is 48.9 Å². The molecule has 0 aliphatic carbocycles.